The van der Waals surface area contributed by atoms with Gasteiger partial charge in [0, 0.05) is 16.3 Å². The molecule has 0 spiro atoms. The molecule has 3 heteroatoms. The van der Waals surface area contributed by atoms with Gasteiger partial charge in [-0.3, -0.25) is 0 Å². The van der Waals surface area contributed by atoms with Crippen molar-refractivity contribution in [3.63, 3.8) is 0 Å². The lowest BCUT2D eigenvalue weighted by atomic mass is 10.1. The predicted octanol–water partition coefficient (Wildman–Crippen LogP) is 4.36. The monoisotopic (exact) mass is 268 g/mol. The zero-order chi connectivity index (χ0) is 13.5. The molecule has 0 fully saturated rings. The molecular weight excluding hydrogens is 256 g/mol. The molecule has 94 valence electrons. The van der Waals surface area contributed by atoms with E-state index in [1.165, 1.54) is 0 Å². The smallest absolute Gasteiger partial charge is 0.0966 e. The Morgan fingerprint density at radius 1 is 1.16 bits per heavy atom. The van der Waals surface area contributed by atoms with Crippen LogP contribution in [0.4, 0.5) is 5.69 Å². The molecule has 0 saturated carbocycles. The summed E-state index contributed by atoms with van der Waals surface area (Å²) in [5, 5.41) is 13.0. The first-order valence-corrected chi connectivity index (χ1v) is 6.31. The van der Waals surface area contributed by atoms with Gasteiger partial charge in [-0.1, -0.05) is 48.0 Å². The van der Waals surface area contributed by atoms with Gasteiger partial charge in [0.2, 0.25) is 0 Å². The Bertz CT molecular complexity index is 612. The van der Waals surface area contributed by atoms with Gasteiger partial charge >= 0.3 is 0 Å². The largest absolute Gasteiger partial charge is 0.380 e. The molecule has 0 atom stereocenters. The van der Waals surface area contributed by atoms with E-state index in [1.807, 2.05) is 60.7 Å². The Morgan fingerprint density at radius 3 is 2.63 bits per heavy atom. The molecule has 0 bridgehead atoms. The lowest BCUT2D eigenvalue weighted by Gasteiger charge is -2.05. The van der Waals surface area contributed by atoms with Crippen LogP contribution in [0, 0.1) is 11.3 Å². The van der Waals surface area contributed by atoms with E-state index < -0.39 is 0 Å². The average molecular weight is 269 g/mol. The van der Waals surface area contributed by atoms with Crippen LogP contribution in [0.25, 0.3) is 6.08 Å². The number of nitrogens with one attached hydrogen (secondary N) is 1. The minimum absolute atomic E-state index is 0.478. The van der Waals surface area contributed by atoms with Crippen molar-refractivity contribution in [1.82, 2.24) is 0 Å². The number of nitriles is 1. The zero-order valence-electron chi connectivity index (χ0n) is 10.3. The average Bonchev–Trinajstić information content (AvgIpc) is 2.44. The lowest BCUT2D eigenvalue weighted by molar-refractivity contribution is 1.27. The molecule has 0 aliphatic rings. The Hall–Kier alpha value is -2.24. The standard InChI is InChI=1S/C16H13ClN2/c17-15-7-4-8-16(10-15)19-12-14(11-18)9-13-5-2-1-3-6-13/h1-10,19H,12H2/b14-9+. The van der Waals surface area contributed by atoms with Gasteiger partial charge in [-0.05, 0) is 29.8 Å². The number of halogens is 1. The Kier molecular flexibility index (Phi) is 4.60. The molecule has 0 heterocycles. The molecule has 0 amide bonds. The highest BCUT2D eigenvalue weighted by Gasteiger charge is 1.98. The summed E-state index contributed by atoms with van der Waals surface area (Å²) in [6.07, 6.45) is 1.87. The van der Waals surface area contributed by atoms with Crippen LogP contribution < -0.4 is 5.32 Å². The van der Waals surface area contributed by atoms with Gasteiger partial charge in [-0.25, -0.2) is 0 Å². The number of anilines is 1. The Morgan fingerprint density at radius 2 is 1.95 bits per heavy atom. The summed E-state index contributed by atoms with van der Waals surface area (Å²) in [6.45, 7) is 0.478. The maximum Gasteiger partial charge on any atom is 0.0966 e. The fourth-order valence-electron chi connectivity index (χ4n) is 1.67. The topological polar surface area (TPSA) is 35.8 Å². The molecule has 0 aromatic heterocycles. The summed E-state index contributed by atoms with van der Waals surface area (Å²) in [5.74, 6) is 0. The molecule has 2 aromatic carbocycles. The minimum Gasteiger partial charge on any atom is -0.380 e. The lowest BCUT2D eigenvalue weighted by Crippen LogP contribution is -2.03. The Balaban J connectivity index is 2.05. The fraction of sp³-hybridized carbons (Fsp3) is 0.0625. The Labute approximate surface area is 118 Å². The van der Waals surface area contributed by atoms with E-state index in [9.17, 15) is 0 Å². The van der Waals surface area contributed by atoms with Gasteiger partial charge in [0.05, 0.1) is 12.6 Å². The van der Waals surface area contributed by atoms with E-state index in [4.69, 9.17) is 16.9 Å². The second-order valence-corrected chi connectivity index (χ2v) is 4.49. The van der Waals surface area contributed by atoms with Crippen molar-refractivity contribution < 1.29 is 0 Å². The first kappa shape index (κ1) is 13.2. The van der Waals surface area contributed by atoms with Crippen LogP contribution in [0.5, 0.6) is 0 Å². The van der Waals surface area contributed by atoms with Gasteiger partial charge in [-0.15, -0.1) is 0 Å². The van der Waals surface area contributed by atoms with Crippen LogP contribution in [0.1, 0.15) is 5.56 Å². The van der Waals surface area contributed by atoms with Gasteiger partial charge in [0.1, 0.15) is 0 Å². The van der Waals surface area contributed by atoms with Crippen molar-refractivity contribution in [2.24, 2.45) is 0 Å². The first-order chi connectivity index (χ1) is 9.28. The van der Waals surface area contributed by atoms with E-state index in [0.717, 1.165) is 11.3 Å². The van der Waals surface area contributed by atoms with E-state index in [0.29, 0.717) is 17.1 Å². The normalized spacial score (nSPS) is 10.8. The summed E-state index contributed by atoms with van der Waals surface area (Å²) in [4.78, 5) is 0. The highest BCUT2D eigenvalue weighted by Crippen LogP contribution is 2.15. The SMILES string of the molecule is N#C/C(=C\c1ccccc1)CNc1cccc(Cl)c1. The van der Waals surface area contributed by atoms with Crippen molar-refractivity contribution in [3.8, 4) is 6.07 Å². The van der Waals surface area contributed by atoms with E-state index in [1.54, 1.807) is 0 Å². The summed E-state index contributed by atoms with van der Waals surface area (Å²) in [6, 6.07) is 19.4. The summed E-state index contributed by atoms with van der Waals surface area (Å²) >= 11 is 5.90. The van der Waals surface area contributed by atoms with Gasteiger partial charge in [0.15, 0.2) is 0 Å². The summed E-state index contributed by atoms with van der Waals surface area (Å²) in [5.41, 5.74) is 2.60. The highest BCUT2D eigenvalue weighted by atomic mass is 35.5. The third-order valence-corrected chi connectivity index (χ3v) is 2.83. The van der Waals surface area contributed by atoms with Crippen LogP contribution in [0.2, 0.25) is 5.02 Å². The van der Waals surface area contributed by atoms with Crippen molar-refractivity contribution >= 4 is 23.4 Å². The number of benzene rings is 2. The molecule has 1 N–H and O–H groups in total. The second kappa shape index (κ2) is 6.63. The maximum absolute atomic E-state index is 9.14. The van der Waals surface area contributed by atoms with Crippen molar-refractivity contribution in [2.75, 3.05) is 11.9 Å². The maximum atomic E-state index is 9.14. The predicted molar refractivity (Wildman–Crippen MR) is 80.0 cm³/mol. The van der Waals surface area contributed by atoms with Crippen LogP contribution in [0.3, 0.4) is 0 Å². The van der Waals surface area contributed by atoms with Crippen molar-refractivity contribution in [1.29, 1.82) is 5.26 Å². The fourth-order valence-corrected chi connectivity index (χ4v) is 1.86. The number of hydrogen-bond donors (Lipinski definition) is 1. The molecule has 2 rings (SSSR count). The zero-order valence-corrected chi connectivity index (χ0v) is 11.1. The molecule has 0 radical (unpaired) electrons. The first-order valence-electron chi connectivity index (χ1n) is 5.93. The molecular formula is C16H13ClN2. The van der Waals surface area contributed by atoms with Gasteiger partial charge in [0.25, 0.3) is 0 Å². The molecule has 0 aliphatic heterocycles. The van der Waals surface area contributed by atoms with E-state index in [-0.39, 0.29) is 0 Å². The molecule has 2 aromatic rings. The van der Waals surface area contributed by atoms with Crippen molar-refractivity contribution in [3.05, 3.63) is 70.8 Å². The van der Waals surface area contributed by atoms with E-state index >= 15 is 0 Å². The number of rotatable bonds is 4. The van der Waals surface area contributed by atoms with Crippen LogP contribution in [-0.4, -0.2) is 6.54 Å². The van der Waals surface area contributed by atoms with E-state index in [2.05, 4.69) is 11.4 Å². The quantitative estimate of drug-likeness (QED) is 0.837. The highest BCUT2D eigenvalue weighted by molar-refractivity contribution is 6.30. The number of nitrogens with zero attached hydrogens (tertiary/aromatic N) is 1. The summed E-state index contributed by atoms with van der Waals surface area (Å²) < 4.78 is 0. The van der Waals surface area contributed by atoms with Crippen molar-refractivity contribution in [2.45, 2.75) is 0 Å². The van der Waals surface area contributed by atoms with Crippen LogP contribution >= 0.6 is 11.6 Å². The molecule has 0 aliphatic carbocycles. The van der Waals surface area contributed by atoms with Gasteiger partial charge in [-0.2, -0.15) is 5.26 Å². The van der Waals surface area contributed by atoms with Crippen LogP contribution in [0.15, 0.2) is 60.2 Å². The second-order valence-electron chi connectivity index (χ2n) is 4.06. The molecule has 0 saturated heterocycles. The third kappa shape index (κ3) is 4.17. The van der Waals surface area contributed by atoms with Gasteiger partial charge < -0.3 is 5.32 Å². The molecule has 2 nitrogen and oxygen atoms in total. The number of hydrogen-bond acceptors (Lipinski definition) is 2. The van der Waals surface area contributed by atoms with Crippen LogP contribution in [-0.2, 0) is 0 Å². The third-order valence-electron chi connectivity index (χ3n) is 2.59. The molecule has 19 heavy (non-hydrogen) atoms. The molecule has 0 unspecified atom stereocenters. The minimum atomic E-state index is 0.478. The summed E-state index contributed by atoms with van der Waals surface area (Å²) in [7, 11) is 0.